The van der Waals surface area contributed by atoms with Crippen molar-refractivity contribution in [2.75, 3.05) is 0 Å². The summed E-state index contributed by atoms with van der Waals surface area (Å²) in [7, 11) is 0. The summed E-state index contributed by atoms with van der Waals surface area (Å²) in [5, 5.41) is 13.3. The van der Waals surface area contributed by atoms with Gasteiger partial charge in [-0.25, -0.2) is 0 Å². The van der Waals surface area contributed by atoms with E-state index in [-0.39, 0.29) is 0 Å². The van der Waals surface area contributed by atoms with Gasteiger partial charge in [-0.05, 0) is 81.9 Å². The lowest BCUT2D eigenvalue weighted by molar-refractivity contribution is 0.376. The van der Waals surface area contributed by atoms with Crippen molar-refractivity contribution in [2.45, 2.75) is 12.8 Å². The molecule has 0 fully saturated rings. The number of rotatable bonds is 2. The molecule has 0 N–H and O–H groups in total. The highest BCUT2D eigenvalue weighted by atomic mass is 16.5. The molecule has 0 saturated heterocycles. The van der Waals surface area contributed by atoms with Crippen molar-refractivity contribution >= 4 is 21.5 Å². The van der Waals surface area contributed by atoms with Crippen LogP contribution in [0.3, 0.4) is 0 Å². The van der Waals surface area contributed by atoms with Crippen LogP contribution in [0.2, 0.25) is 0 Å². The zero-order valence-corrected chi connectivity index (χ0v) is 16.2. The number of benzene rings is 4. The molecule has 0 aliphatic carbocycles. The molecular formula is C26H18N2O2. The normalized spacial score (nSPS) is 15.2. The van der Waals surface area contributed by atoms with Gasteiger partial charge in [0.15, 0.2) is 0 Å². The molecule has 4 aromatic carbocycles. The van der Waals surface area contributed by atoms with Crippen LogP contribution < -0.4 is 9.47 Å². The molecule has 2 heterocycles. The Kier molecular flexibility index (Phi) is 3.88. The summed E-state index contributed by atoms with van der Waals surface area (Å²) < 4.78 is 12.0. The number of nitrogens with zero attached hydrogens (tertiary/aromatic N) is 2. The van der Waals surface area contributed by atoms with Crippen LogP contribution in [0.25, 0.3) is 21.5 Å². The second-order valence-electron chi connectivity index (χ2n) is 7.51. The number of hydrogen-bond donors (Lipinski definition) is 0. The fourth-order valence-corrected chi connectivity index (χ4v) is 3.97. The van der Waals surface area contributed by atoms with Gasteiger partial charge in [0.05, 0.1) is 0 Å². The molecule has 0 bridgehead atoms. The Morgan fingerprint density at radius 2 is 0.933 bits per heavy atom. The van der Waals surface area contributed by atoms with Gasteiger partial charge in [-0.2, -0.15) is 0 Å². The first kappa shape index (κ1) is 17.0. The topological polar surface area (TPSA) is 43.2 Å². The summed E-state index contributed by atoms with van der Waals surface area (Å²) in [5.41, 5.74) is 2.31. The second-order valence-corrected chi connectivity index (χ2v) is 7.51. The molecule has 0 unspecified atom stereocenters. The quantitative estimate of drug-likeness (QED) is 0.358. The summed E-state index contributed by atoms with van der Waals surface area (Å²) in [6.45, 7) is 0. The Labute approximate surface area is 173 Å². The third-order valence-corrected chi connectivity index (χ3v) is 5.53. The lowest BCUT2D eigenvalue weighted by Crippen LogP contribution is -2.05. The molecule has 0 aromatic heterocycles. The van der Waals surface area contributed by atoms with E-state index < -0.39 is 0 Å². The predicted molar refractivity (Wildman–Crippen MR) is 118 cm³/mol. The molecule has 30 heavy (non-hydrogen) atoms. The van der Waals surface area contributed by atoms with Crippen molar-refractivity contribution in [3.8, 4) is 11.5 Å². The Morgan fingerprint density at radius 1 is 0.533 bits per heavy atom. The maximum atomic E-state index is 5.98. The van der Waals surface area contributed by atoms with Gasteiger partial charge in [0, 0.05) is 0 Å². The van der Waals surface area contributed by atoms with Crippen LogP contribution in [0.15, 0.2) is 107 Å². The molecule has 4 heteroatoms. The highest BCUT2D eigenvalue weighted by Gasteiger charge is 2.16. The molecule has 0 spiro atoms. The molecule has 0 atom stereocenters. The van der Waals surface area contributed by atoms with E-state index >= 15 is 0 Å². The Balaban J connectivity index is 1.22. The van der Waals surface area contributed by atoms with E-state index in [4.69, 9.17) is 9.47 Å². The molecule has 2 aliphatic rings. The standard InChI is InChI=1S/C26H18N2O2/c1-3-7-19-15-23-21(13-17(19)5-1)9-11-25(29-23)27-28-26-12-10-22-14-18-6-2-4-8-20(18)16-24(22)30-26/h1-8,11-16H,9-10H2. The maximum absolute atomic E-state index is 5.98. The molecule has 6 rings (SSSR count). The zero-order valence-electron chi connectivity index (χ0n) is 16.2. The highest BCUT2D eigenvalue weighted by Crippen LogP contribution is 2.33. The SMILES string of the molecule is C1=C(N=NC2=CCc3cc4ccccc4cc3O2)Oc2cc3ccccc3cc2C1. The minimum Gasteiger partial charge on any atom is -0.437 e. The van der Waals surface area contributed by atoms with Crippen LogP contribution in [-0.2, 0) is 12.8 Å². The van der Waals surface area contributed by atoms with Crippen molar-refractivity contribution in [1.82, 2.24) is 0 Å². The van der Waals surface area contributed by atoms with E-state index in [0.29, 0.717) is 11.8 Å². The average molecular weight is 390 g/mol. The first-order chi connectivity index (χ1) is 14.8. The highest BCUT2D eigenvalue weighted by molar-refractivity contribution is 5.86. The number of hydrogen-bond acceptors (Lipinski definition) is 4. The summed E-state index contributed by atoms with van der Waals surface area (Å²) in [4.78, 5) is 0. The molecule has 0 saturated carbocycles. The summed E-state index contributed by atoms with van der Waals surface area (Å²) in [5.74, 6) is 2.65. The number of allylic oxidation sites excluding steroid dienone is 2. The van der Waals surface area contributed by atoms with Crippen molar-refractivity contribution < 1.29 is 9.47 Å². The predicted octanol–water partition coefficient (Wildman–Crippen LogP) is 6.70. The summed E-state index contributed by atoms with van der Waals surface area (Å²) in [6.07, 6.45) is 5.43. The van der Waals surface area contributed by atoms with E-state index in [1.807, 2.05) is 36.4 Å². The minimum absolute atomic E-state index is 0.492. The third kappa shape index (κ3) is 3.03. The number of azo groups is 1. The average Bonchev–Trinajstić information content (AvgIpc) is 2.79. The Hall–Kier alpha value is -3.92. The van der Waals surface area contributed by atoms with Crippen molar-refractivity contribution in [3.05, 3.63) is 108 Å². The lowest BCUT2D eigenvalue weighted by Gasteiger charge is -2.17. The minimum atomic E-state index is 0.492. The lowest BCUT2D eigenvalue weighted by atomic mass is 10.0. The molecule has 4 nitrogen and oxygen atoms in total. The van der Waals surface area contributed by atoms with E-state index in [1.165, 1.54) is 10.8 Å². The van der Waals surface area contributed by atoms with E-state index in [0.717, 1.165) is 46.2 Å². The van der Waals surface area contributed by atoms with Crippen molar-refractivity contribution in [1.29, 1.82) is 0 Å². The van der Waals surface area contributed by atoms with Crippen molar-refractivity contribution in [3.63, 3.8) is 0 Å². The zero-order chi connectivity index (χ0) is 19.9. The molecule has 4 aromatic rings. The number of fused-ring (bicyclic) bond motifs is 4. The first-order valence-electron chi connectivity index (χ1n) is 10.0. The monoisotopic (exact) mass is 390 g/mol. The molecule has 2 aliphatic heterocycles. The fourth-order valence-electron chi connectivity index (χ4n) is 3.97. The van der Waals surface area contributed by atoms with E-state index in [9.17, 15) is 0 Å². The van der Waals surface area contributed by atoms with E-state index in [2.05, 4.69) is 58.8 Å². The molecule has 0 amide bonds. The smallest absolute Gasteiger partial charge is 0.235 e. The van der Waals surface area contributed by atoms with Gasteiger partial charge in [0.1, 0.15) is 11.5 Å². The summed E-state index contributed by atoms with van der Waals surface area (Å²) in [6, 6.07) is 25.0. The van der Waals surface area contributed by atoms with Crippen LogP contribution in [-0.4, -0.2) is 0 Å². The first-order valence-corrected chi connectivity index (χ1v) is 10.0. The van der Waals surface area contributed by atoms with Gasteiger partial charge in [-0.3, -0.25) is 0 Å². The van der Waals surface area contributed by atoms with Gasteiger partial charge < -0.3 is 9.47 Å². The van der Waals surface area contributed by atoms with Crippen molar-refractivity contribution in [2.24, 2.45) is 10.2 Å². The molecule has 144 valence electrons. The molecule has 0 radical (unpaired) electrons. The summed E-state index contributed by atoms with van der Waals surface area (Å²) >= 11 is 0. The largest absolute Gasteiger partial charge is 0.437 e. The van der Waals surface area contributed by atoms with Gasteiger partial charge in [-0.1, -0.05) is 48.5 Å². The fraction of sp³-hybridized carbons (Fsp3) is 0.0769. The van der Waals surface area contributed by atoms with Crippen LogP contribution in [0, 0.1) is 0 Å². The number of ether oxygens (including phenoxy) is 2. The van der Waals surface area contributed by atoms with Gasteiger partial charge in [0.25, 0.3) is 0 Å². The molecular weight excluding hydrogens is 372 g/mol. The Morgan fingerprint density at radius 3 is 1.37 bits per heavy atom. The third-order valence-electron chi connectivity index (χ3n) is 5.53. The van der Waals surface area contributed by atoms with Gasteiger partial charge in [-0.15, -0.1) is 10.2 Å². The second kappa shape index (κ2) is 6.85. The van der Waals surface area contributed by atoms with E-state index in [1.54, 1.807) is 0 Å². The van der Waals surface area contributed by atoms with Gasteiger partial charge in [0.2, 0.25) is 11.8 Å². The van der Waals surface area contributed by atoms with Crippen LogP contribution in [0.5, 0.6) is 11.5 Å². The van der Waals surface area contributed by atoms with Crippen LogP contribution >= 0.6 is 0 Å². The van der Waals surface area contributed by atoms with Crippen LogP contribution in [0.1, 0.15) is 11.1 Å². The van der Waals surface area contributed by atoms with Crippen LogP contribution in [0.4, 0.5) is 0 Å². The van der Waals surface area contributed by atoms with Gasteiger partial charge >= 0.3 is 0 Å². The maximum Gasteiger partial charge on any atom is 0.235 e. The Bertz CT molecular complexity index is 1290.